The largest absolute Gasteiger partial charge is 0.464 e. The van der Waals surface area contributed by atoms with E-state index in [2.05, 4.69) is 19.7 Å². The molecule has 4 atom stereocenters. The van der Waals surface area contributed by atoms with Crippen LogP contribution in [0.1, 0.15) is 32.6 Å². The van der Waals surface area contributed by atoms with Gasteiger partial charge in [-0.1, -0.05) is 30.3 Å². The van der Waals surface area contributed by atoms with Gasteiger partial charge in [0, 0.05) is 11.1 Å². The van der Waals surface area contributed by atoms with Crippen molar-refractivity contribution < 1.29 is 44.4 Å². The molecule has 0 fully saturated rings. The van der Waals surface area contributed by atoms with E-state index < -0.39 is 58.4 Å². The van der Waals surface area contributed by atoms with Gasteiger partial charge in [0.2, 0.25) is 0 Å². The molecule has 0 radical (unpaired) electrons. The lowest BCUT2D eigenvalue weighted by atomic mass is 9.89. The van der Waals surface area contributed by atoms with E-state index in [0.717, 1.165) is 14.2 Å². The molecule has 1 heterocycles. The molecule has 0 amide bonds. The Kier molecular flexibility index (Phi) is 7.66. The van der Waals surface area contributed by atoms with E-state index in [9.17, 15) is 40.1 Å². The van der Waals surface area contributed by atoms with Crippen LogP contribution >= 0.6 is 0 Å². The molecule has 4 N–H and O–H groups in total. The molecule has 0 spiro atoms. The number of carbonyl (C=O) groups is 2. The highest BCUT2D eigenvalue weighted by Crippen LogP contribution is 2.35. The topological polar surface area (TPSA) is 202 Å². The number of benzene rings is 1. The van der Waals surface area contributed by atoms with Gasteiger partial charge in [0.05, 0.1) is 19.1 Å². The highest BCUT2D eigenvalue weighted by molar-refractivity contribution is 5.99. The fraction of sp³-hybridized carbons (Fsp3) is 0.333. The molecular weight excluding hydrogens is 418 g/mol. The molecular formula is C18H19N3O10. The van der Waals surface area contributed by atoms with Crippen LogP contribution in [0.2, 0.25) is 0 Å². The number of ether oxygens (including phenoxy) is 2. The lowest BCUT2D eigenvalue weighted by molar-refractivity contribution is -0.585. The molecule has 0 aliphatic rings. The molecule has 166 valence electrons. The molecule has 0 saturated carbocycles. The molecule has 4 unspecified atom stereocenters. The molecule has 2 aromatic rings. The van der Waals surface area contributed by atoms with Crippen molar-refractivity contribution in [2.24, 2.45) is 0 Å². The number of aliphatic hydroxyl groups excluding tert-OH is 4. The average molecular weight is 437 g/mol. The third-order valence-corrected chi connectivity index (χ3v) is 4.32. The zero-order valence-electron chi connectivity index (χ0n) is 16.3. The Labute approximate surface area is 174 Å². The molecule has 0 saturated heterocycles. The first kappa shape index (κ1) is 23.8. The second kappa shape index (κ2) is 9.99. The number of nitro groups is 1. The van der Waals surface area contributed by atoms with Crippen LogP contribution in [0.3, 0.4) is 0 Å². The Hall–Kier alpha value is -3.52. The van der Waals surface area contributed by atoms with Gasteiger partial charge < -0.3 is 29.9 Å². The van der Waals surface area contributed by atoms with Gasteiger partial charge in [-0.2, -0.15) is 0 Å². The van der Waals surface area contributed by atoms with Gasteiger partial charge in [-0.3, -0.25) is 10.1 Å². The van der Waals surface area contributed by atoms with Crippen LogP contribution in [0.15, 0.2) is 30.3 Å². The Morgan fingerprint density at radius 1 is 0.935 bits per heavy atom. The summed E-state index contributed by atoms with van der Waals surface area (Å²) >= 11 is 0. The van der Waals surface area contributed by atoms with E-state index in [-0.39, 0.29) is 11.1 Å². The van der Waals surface area contributed by atoms with Crippen molar-refractivity contribution in [3.63, 3.8) is 0 Å². The second-order valence-electron chi connectivity index (χ2n) is 6.16. The van der Waals surface area contributed by atoms with Crippen molar-refractivity contribution in [1.82, 2.24) is 10.2 Å². The maximum absolute atomic E-state index is 12.3. The quantitative estimate of drug-likeness (QED) is 0.171. The zero-order valence-corrected chi connectivity index (χ0v) is 16.3. The Balaban J connectivity index is 2.82. The monoisotopic (exact) mass is 437 g/mol. The van der Waals surface area contributed by atoms with Gasteiger partial charge in [-0.15, -0.1) is 10.2 Å². The normalized spacial score (nSPS) is 14.8. The third-order valence-electron chi connectivity index (χ3n) is 4.32. The van der Waals surface area contributed by atoms with Crippen molar-refractivity contribution in [3.05, 3.63) is 57.4 Å². The molecule has 13 heteroatoms. The number of esters is 2. The molecule has 0 bridgehead atoms. The summed E-state index contributed by atoms with van der Waals surface area (Å²) < 4.78 is 9.26. The number of nitrogens with zero attached hydrogens (tertiary/aromatic N) is 3. The summed E-state index contributed by atoms with van der Waals surface area (Å²) in [4.78, 5) is 34.0. The molecule has 0 aliphatic carbocycles. The van der Waals surface area contributed by atoms with Gasteiger partial charge in [0.15, 0.2) is 17.5 Å². The third kappa shape index (κ3) is 4.80. The maximum Gasteiger partial charge on any atom is 0.359 e. The van der Waals surface area contributed by atoms with Gasteiger partial charge in [-0.25, -0.2) is 9.59 Å². The molecule has 1 aromatic carbocycles. The SMILES string of the molecule is COC(=O)c1nnc(C(=O)OC)c(C(O)C(O)C(O)C(O)[N+](=O)[O-])c1-c1ccccc1. The van der Waals surface area contributed by atoms with Crippen molar-refractivity contribution >= 4 is 11.9 Å². The Bertz CT molecular complexity index is 969. The highest BCUT2D eigenvalue weighted by atomic mass is 16.7. The summed E-state index contributed by atoms with van der Waals surface area (Å²) in [7, 11) is 2.05. The Morgan fingerprint density at radius 3 is 1.97 bits per heavy atom. The molecule has 0 aliphatic heterocycles. The second-order valence-corrected chi connectivity index (χ2v) is 6.16. The molecule has 13 nitrogen and oxygen atoms in total. The first-order valence-electron chi connectivity index (χ1n) is 8.64. The zero-order chi connectivity index (χ0) is 23.3. The highest BCUT2D eigenvalue weighted by Gasteiger charge is 2.41. The number of methoxy groups -OCH3 is 2. The van der Waals surface area contributed by atoms with E-state index in [0.29, 0.717) is 0 Å². The predicted octanol–water partition coefficient (Wildman–Crippen LogP) is -0.933. The molecule has 31 heavy (non-hydrogen) atoms. The number of hydrogen-bond acceptors (Lipinski definition) is 12. The standard InChI is InChI=1S/C18H19N3O10/c1-30-17(26)11-9(8-6-4-3-5-7-8)10(12(20-19-11)18(27)31-2)13(22)14(23)15(24)16(25)21(28)29/h3-7,13-16,22-25H,1-2H3. The first-order valence-corrected chi connectivity index (χ1v) is 8.64. The summed E-state index contributed by atoms with van der Waals surface area (Å²) in [5.74, 6) is -2.12. The molecule has 2 rings (SSSR count). The van der Waals surface area contributed by atoms with E-state index in [1.807, 2.05) is 0 Å². The van der Waals surface area contributed by atoms with Gasteiger partial charge in [-0.05, 0) is 5.56 Å². The van der Waals surface area contributed by atoms with Crippen molar-refractivity contribution in [3.8, 4) is 11.1 Å². The van der Waals surface area contributed by atoms with Crippen LogP contribution in [0.4, 0.5) is 0 Å². The van der Waals surface area contributed by atoms with E-state index in [1.165, 1.54) is 12.1 Å². The average Bonchev–Trinajstić information content (AvgIpc) is 2.80. The fourth-order valence-electron chi connectivity index (χ4n) is 2.78. The Morgan fingerprint density at radius 2 is 1.45 bits per heavy atom. The van der Waals surface area contributed by atoms with E-state index >= 15 is 0 Å². The summed E-state index contributed by atoms with van der Waals surface area (Å²) in [5.41, 5.74) is -1.57. The van der Waals surface area contributed by atoms with Gasteiger partial charge in [0.25, 0.3) is 0 Å². The number of hydrogen-bond donors (Lipinski definition) is 4. The summed E-state index contributed by atoms with van der Waals surface area (Å²) in [5, 5.41) is 58.4. The minimum atomic E-state index is -2.65. The van der Waals surface area contributed by atoms with Crippen molar-refractivity contribution in [1.29, 1.82) is 0 Å². The van der Waals surface area contributed by atoms with E-state index in [1.54, 1.807) is 18.2 Å². The smallest absolute Gasteiger partial charge is 0.359 e. The minimum Gasteiger partial charge on any atom is -0.464 e. The van der Waals surface area contributed by atoms with Crippen molar-refractivity contribution in [2.45, 2.75) is 24.5 Å². The van der Waals surface area contributed by atoms with Crippen LogP contribution in [0.25, 0.3) is 11.1 Å². The lowest BCUT2D eigenvalue weighted by Gasteiger charge is -2.26. The number of aromatic nitrogens is 2. The summed E-state index contributed by atoms with van der Waals surface area (Å²) in [6, 6.07) is 7.73. The van der Waals surface area contributed by atoms with Gasteiger partial charge in [0.1, 0.15) is 12.2 Å². The molecule has 1 aromatic heterocycles. The summed E-state index contributed by atoms with van der Waals surface area (Å²) in [6.07, 6.45) is -9.73. The van der Waals surface area contributed by atoms with Crippen LogP contribution in [-0.2, 0) is 9.47 Å². The first-order chi connectivity index (χ1) is 14.6. The minimum absolute atomic E-state index is 0.197. The van der Waals surface area contributed by atoms with Crippen LogP contribution < -0.4 is 0 Å². The fourth-order valence-corrected chi connectivity index (χ4v) is 2.78. The predicted molar refractivity (Wildman–Crippen MR) is 100 cm³/mol. The van der Waals surface area contributed by atoms with Crippen LogP contribution in [0.5, 0.6) is 0 Å². The number of rotatable bonds is 8. The number of aliphatic hydroxyl groups is 4. The summed E-state index contributed by atoms with van der Waals surface area (Å²) in [6.45, 7) is 0. The van der Waals surface area contributed by atoms with Crippen LogP contribution in [0, 0.1) is 10.1 Å². The van der Waals surface area contributed by atoms with Crippen LogP contribution in [-0.4, -0.2) is 80.1 Å². The maximum atomic E-state index is 12.3. The lowest BCUT2D eigenvalue weighted by Crippen LogP contribution is -2.45. The van der Waals surface area contributed by atoms with Crippen molar-refractivity contribution in [2.75, 3.05) is 14.2 Å². The van der Waals surface area contributed by atoms with E-state index in [4.69, 9.17) is 0 Å². The van der Waals surface area contributed by atoms with Gasteiger partial charge >= 0.3 is 18.2 Å². The number of carbonyl (C=O) groups excluding carboxylic acids is 2.